The van der Waals surface area contributed by atoms with Crippen LogP contribution in [0.3, 0.4) is 0 Å². The standard InChI is InChI=1S/C10H13ClN6O/c1-3-12-9(18)5(2)15-8-6-7(14-4-13-6)16-10(11)17-8/h4-5H,3H2,1-2H3,(H,12,18)(H2,13,14,15,16,17). The van der Waals surface area contributed by atoms with Gasteiger partial charge in [-0.2, -0.15) is 9.97 Å². The number of rotatable bonds is 4. The highest BCUT2D eigenvalue weighted by atomic mass is 35.5. The number of imidazole rings is 1. The number of aromatic amines is 1. The summed E-state index contributed by atoms with van der Waals surface area (Å²) in [7, 11) is 0. The molecule has 2 aromatic heterocycles. The van der Waals surface area contributed by atoms with E-state index in [1.807, 2.05) is 6.92 Å². The van der Waals surface area contributed by atoms with E-state index >= 15 is 0 Å². The maximum Gasteiger partial charge on any atom is 0.242 e. The van der Waals surface area contributed by atoms with Gasteiger partial charge in [0.25, 0.3) is 0 Å². The Bertz CT molecular complexity index is 568. The number of H-pyrrole nitrogens is 1. The molecule has 7 nitrogen and oxygen atoms in total. The molecule has 0 bridgehead atoms. The molecule has 0 radical (unpaired) electrons. The van der Waals surface area contributed by atoms with Crippen molar-refractivity contribution in [3.05, 3.63) is 11.6 Å². The molecule has 1 atom stereocenters. The average Bonchev–Trinajstić information content (AvgIpc) is 2.77. The Morgan fingerprint density at radius 1 is 1.56 bits per heavy atom. The molecule has 0 aliphatic rings. The molecule has 2 rings (SSSR count). The number of carbonyl (C=O) groups excluding carboxylic acids is 1. The van der Waals surface area contributed by atoms with Crippen LogP contribution in [-0.2, 0) is 4.79 Å². The predicted octanol–water partition coefficient (Wildman–Crippen LogP) is 0.943. The van der Waals surface area contributed by atoms with E-state index in [1.54, 1.807) is 6.92 Å². The summed E-state index contributed by atoms with van der Waals surface area (Å²) in [5.41, 5.74) is 1.08. The maximum absolute atomic E-state index is 11.6. The third kappa shape index (κ3) is 2.51. The normalized spacial score (nSPS) is 12.4. The van der Waals surface area contributed by atoms with Crippen molar-refractivity contribution in [3.8, 4) is 0 Å². The molecule has 0 aliphatic heterocycles. The fraction of sp³-hybridized carbons (Fsp3) is 0.400. The first-order valence-corrected chi connectivity index (χ1v) is 5.90. The van der Waals surface area contributed by atoms with Gasteiger partial charge in [-0.3, -0.25) is 4.79 Å². The number of hydrogen-bond acceptors (Lipinski definition) is 5. The lowest BCUT2D eigenvalue weighted by Crippen LogP contribution is -2.37. The highest BCUT2D eigenvalue weighted by Gasteiger charge is 2.15. The number of fused-ring (bicyclic) bond motifs is 1. The topological polar surface area (TPSA) is 95.6 Å². The second-order valence-electron chi connectivity index (χ2n) is 3.70. The minimum absolute atomic E-state index is 0.0835. The number of anilines is 1. The molecule has 1 unspecified atom stereocenters. The van der Waals surface area contributed by atoms with Gasteiger partial charge in [-0.25, -0.2) is 4.98 Å². The highest BCUT2D eigenvalue weighted by molar-refractivity contribution is 6.28. The summed E-state index contributed by atoms with van der Waals surface area (Å²) >= 11 is 5.79. The van der Waals surface area contributed by atoms with Crippen LogP contribution >= 0.6 is 11.6 Å². The SMILES string of the molecule is CCNC(=O)C(C)Nc1nc(Cl)nc2nc[nH]c12. The summed E-state index contributed by atoms with van der Waals surface area (Å²) in [6, 6.07) is -0.428. The number of aromatic nitrogens is 4. The maximum atomic E-state index is 11.6. The number of carbonyl (C=O) groups is 1. The van der Waals surface area contributed by atoms with Crippen molar-refractivity contribution in [1.82, 2.24) is 25.3 Å². The number of likely N-dealkylation sites (N-methyl/N-ethyl adjacent to an activating group) is 1. The molecule has 0 aliphatic carbocycles. The zero-order valence-corrected chi connectivity index (χ0v) is 10.7. The number of hydrogen-bond donors (Lipinski definition) is 3. The van der Waals surface area contributed by atoms with Crippen molar-refractivity contribution < 1.29 is 4.79 Å². The van der Waals surface area contributed by atoms with Crippen molar-refractivity contribution in [2.75, 3.05) is 11.9 Å². The van der Waals surface area contributed by atoms with Gasteiger partial charge < -0.3 is 15.6 Å². The van der Waals surface area contributed by atoms with Gasteiger partial charge in [0.05, 0.1) is 6.33 Å². The first-order chi connectivity index (χ1) is 8.61. The van der Waals surface area contributed by atoms with Gasteiger partial charge in [0.1, 0.15) is 11.6 Å². The summed E-state index contributed by atoms with van der Waals surface area (Å²) in [5, 5.41) is 5.78. The monoisotopic (exact) mass is 268 g/mol. The Labute approximate surface area is 108 Å². The molecule has 1 amide bonds. The number of nitrogens with one attached hydrogen (secondary N) is 3. The Morgan fingerprint density at radius 3 is 3.06 bits per heavy atom. The van der Waals surface area contributed by atoms with Crippen LogP contribution in [0.1, 0.15) is 13.8 Å². The smallest absolute Gasteiger partial charge is 0.242 e. The lowest BCUT2D eigenvalue weighted by molar-refractivity contribution is -0.121. The van der Waals surface area contributed by atoms with Crippen molar-refractivity contribution in [2.24, 2.45) is 0 Å². The lowest BCUT2D eigenvalue weighted by atomic mass is 10.3. The van der Waals surface area contributed by atoms with E-state index in [-0.39, 0.29) is 11.2 Å². The van der Waals surface area contributed by atoms with Crippen LogP contribution in [-0.4, -0.2) is 38.4 Å². The molecule has 0 saturated carbocycles. The third-order valence-electron chi connectivity index (χ3n) is 2.36. The van der Waals surface area contributed by atoms with Gasteiger partial charge in [0.2, 0.25) is 11.2 Å². The van der Waals surface area contributed by atoms with Crippen LogP contribution in [0.15, 0.2) is 6.33 Å². The molecule has 2 heterocycles. The quantitative estimate of drug-likeness (QED) is 0.718. The lowest BCUT2D eigenvalue weighted by Gasteiger charge is -2.14. The van der Waals surface area contributed by atoms with Crippen LogP contribution in [0, 0.1) is 0 Å². The molecule has 0 fully saturated rings. The molecule has 3 N–H and O–H groups in total. The molecule has 2 aromatic rings. The van der Waals surface area contributed by atoms with Gasteiger partial charge >= 0.3 is 0 Å². The van der Waals surface area contributed by atoms with E-state index < -0.39 is 6.04 Å². The van der Waals surface area contributed by atoms with E-state index in [4.69, 9.17) is 11.6 Å². The number of amides is 1. The van der Waals surface area contributed by atoms with Crippen molar-refractivity contribution in [1.29, 1.82) is 0 Å². The highest BCUT2D eigenvalue weighted by Crippen LogP contribution is 2.19. The zero-order valence-electron chi connectivity index (χ0n) is 9.99. The summed E-state index contributed by atoms with van der Waals surface area (Å²) < 4.78 is 0. The first-order valence-electron chi connectivity index (χ1n) is 5.52. The van der Waals surface area contributed by atoms with Crippen LogP contribution in [0.25, 0.3) is 11.2 Å². The van der Waals surface area contributed by atoms with E-state index in [1.165, 1.54) is 6.33 Å². The Hall–Kier alpha value is -1.89. The van der Waals surface area contributed by atoms with Crippen LogP contribution in [0.4, 0.5) is 5.82 Å². The Kier molecular flexibility index (Phi) is 3.61. The molecule has 8 heteroatoms. The minimum Gasteiger partial charge on any atom is -0.357 e. The summed E-state index contributed by atoms with van der Waals surface area (Å²) in [6.45, 7) is 4.18. The minimum atomic E-state index is -0.428. The Morgan fingerprint density at radius 2 is 2.33 bits per heavy atom. The summed E-state index contributed by atoms with van der Waals surface area (Å²) in [6.07, 6.45) is 1.50. The molecule has 0 spiro atoms. The number of halogens is 1. The molecule has 0 saturated heterocycles. The first kappa shape index (κ1) is 12.6. The van der Waals surface area contributed by atoms with Crippen LogP contribution in [0.2, 0.25) is 5.28 Å². The summed E-state index contributed by atoms with van der Waals surface area (Å²) in [5.74, 6) is 0.348. The third-order valence-corrected chi connectivity index (χ3v) is 2.52. The van der Waals surface area contributed by atoms with Gasteiger partial charge in [-0.05, 0) is 25.4 Å². The second kappa shape index (κ2) is 5.18. The van der Waals surface area contributed by atoms with E-state index in [9.17, 15) is 4.79 Å². The van der Waals surface area contributed by atoms with E-state index in [0.29, 0.717) is 23.5 Å². The van der Waals surface area contributed by atoms with Crippen LogP contribution in [0.5, 0.6) is 0 Å². The van der Waals surface area contributed by atoms with Gasteiger partial charge in [-0.15, -0.1) is 0 Å². The molecule has 18 heavy (non-hydrogen) atoms. The zero-order chi connectivity index (χ0) is 13.1. The molecule has 96 valence electrons. The van der Waals surface area contributed by atoms with Crippen LogP contribution < -0.4 is 10.6 Å². The fourth-order valence-corrected chi connectivity index (χ4v) is 1.67. The Balaban J connectivity index is 2.25. The average molecular weight is 269 g/mol. The molecular weight excluding hydrogens is 256 g/mol. The van der Waals surface area contributed by atoms with Crippen molar-refractivity contribution in [3.63, 3.8) is 0 Å². The van der Waals surface area contributed by atoms with Gasteiger partial charge in [-0.1, -0.05) is 0 Å². The van der Waals surface area contributed by atoms with E-state index in [0.717, 1.165) is 0 Å². The second-order valence-corrected chi connectivity index (χ2v) is 4.04. The van der Waals surface area contributed by atoms with Crippen molar-refractivity contribution >= 4 is 34.5 Å². The fourth-order valence-electron chi connectivity index (χ4n) is 1.51. The molecular formula is C10H13ClN6O. The van der Waals surface area contributed by atoms with E-state index in [2.05, 4.69) is 30.6 Å². The molecule has 0 aromatic carbocycles. The van der Waals surface area contributed by atoms with Gasteiger partial charge in [0.15, 0.2) is 11.5 Å². The largest absolute Gasteiger partial charge is 0.357 e. The van der Waals surface area contributed by atoms with Crippen molar-refractivity contribution in [2.45, 2.75) is 19.9 Å². The predicted molar refractivity (Wildman–Crippen MR) is 68.5 cm³/mol. The summed E-state index contributed by atoms with van der Waals surface area (Å²) in [4.78, 5) is 26.5. The van der Waals surface area contributed by atoms with Gasteiger partial charge in [0, 0.05) is 6.54 Å². The number of nitrogens with zero attached hydrogens (tertiary/aromatic N) is 3.